The molecule has 116 valence electrons. The summed E-state index contributed by atoms with van der Waals surface area (Å²) in [5, 5.41) is 9.05. The van der Waals surface area contributed by atoms with Gasteiger partial charge in [-0.05, 0) is 18.2 Å². The fourth-order valence-corrected chi connectivity index (χ4v) is 2.46. The lowest BCUT2D eigenvalue weighted by molar-refractivity contribution is -0.139. The molecule has 6 nitrogen and oxygen atoms in total. The van der Waals surface area contributed by atoms with Gasteiger partial charge in [-0.3, -0.25) is 9.36 Å². The lowest BCUT2D eigenvalue weighted by atomic mass is 10.2. The molecule has 0 amide bonds. The second-order valence-corrected chi connectivity index (χ2v) is 5.14. The number of rotatable bonds is 4. The van der Waals surface area contributed by atoms with Crippen LogP contribution in [0.15, 0.2) is 53.6 Å². The first-order valence-electron chi connectivity index (χ1n) is 6.67. The van der Waals surface area contributed by atoms with Gasteiger partial charge >= 0.3 is 5.97 Å². The molecule has 3 aromatic rings. The van der Waals surface area contributed by atoms with E-state index in [2.05, 4.69) is 4.98 Å². The van der Waals surface area contributed by atoms with Crippen molar-refractivity contribution in [2.24, 2.45) is 0 Å². The molecule has 0 saturated heterocycles. The average molecular weight is 331 g/mol. The van der Waals surface area contributed by atoms with Gasteiger partial charge in [-0.1, -0.05) is 29.8 Å². The molecule has 0 unspecified atom stereocenters. The molecule has 2 aromatic carbocycles. The second kappa shape index (κ2) is 6.10. The Balaban J connectivity index is 2.12. The van der Waals surface area contributed by atoms with Crippen LogP contribution in [0.5, 0.6) is 5.75 Å². The molecule has 23 heavy (non-hydrogen) atoms. The predicted octanol–water partition coefficient (Wildman–Crippen LogP) is 2.50. The molecule has 0 bridgehead atoms. The third-order valence-electron chi connectivity index (χ3n) is 3.18. The molecule has 7 heteroatoms. The quantitative estimate of drug-likeness (QED) is 0.795. The number of benzene rings is 2. The van der Waals surface area contributed by atoms with E-state index in [0.29, 0.717) is 11.2 Å². The number of ether oxygens (including phenoxy) is 1. The van der Waals surface area contributed by atoms with Gasteiger partial charge in [0.25, 0.3) is 5.56 Å². The Morgan fingerprint density at radius 2 is 2.00 bits per heavy atom. The normalized spacial score (nSPS) is 10.7. The van der Waals surface area contributed by atoms with Crippen LogP contribution in [0.4, 0.5) is 0 Å². The van der Waals surface area contributed by atoms with E-state index in [1.54, 1.807) is 12.1 Å². The standard InChI is InChI=1S/C16H11ClN2O4/c17-12-6-11(23-8-14(20)21)7-13-15(12)16(22)19(9-18-13)10-4-2-1-3-5-10/h1-7,9H,8H2,(H,20,21). The SMILES string of the molecule is O=C(O)COc1cc(Cl)c2c(=O)n(-c3ccccc3)cnc2c1. The van der Waals surface area contributed by atoms with E-state index < -0.39 is 12.6 Å². The van der Waals surface area contributed by atoms with Gasteiger partial charge in [0.1, 0.15) is 12.1 Å². The number of halogens is 1. The van der Waals surface area contributed by atoms with E-state index in [1.807, 2.05) is 18.2 Å². The molecule has 0 saturated carbocycles. The van der Waals surface area contributed by atoms with Crippen molar-refractivity contribution in [3.8, 4) is 11.4 Å². The molecule has 0 radical (unpaired) electrons. The van der Waals surface area contributed by atoms with Crippen LogP contribution < -0.4 is 10.3 Å². The minimum absolute atomic E-state index is 0.158. The summed E-state index contributed by atoms with van der Waals surface area (Å²) in [5.74, 6) is -0.858. The van der Waals surface area contributed by atoms with E-state index in [-0.39, 0.29) is 21.7 Å². The summed E-state index contributed by atoms with van der Waals surface area (Å²) >= 11 is 6.16. The molecular formula is C16H11ClN2O4. The van der Waals surface area contributed by atoms with Gasteiger partial charge in [-0.2, -0.15) is 0 Å². The van der Waals surface area contributed by atoms with Crippen molar-refractivity contribution in [2.75, 3.05) is 6.61 Å². The molecule has 0 aliphatic carbocycles. The van der Waals surface area contributed by atoms with Crippen molar-refractivity contribution in [3.63, 3.8) is 0 Å². The van der Waals surface area contributed by atoms with Crippen LogP contribution in [0.25, 0.3) is 16.6 Å². The van der Waals surface area contributed by atoms with Gasteiger partial charge in [-0.15, -0.1) is 0 Å². The number of fused-ring (bicyclic) bond motifs is 1. The molecular weight excluding hydrogens is 320 g/mol. The van der Waals surface area contributed by atoms with Crippen LogP contribution in [0.3, 0.4) is 0 Å². The van der Waals surface area contributed by atoms with E-state index in [0.717, 1.165) is 0 Å². The average Bonchev–Trinajstić information content (AvgIpc) is 2.53. The van der Waals surface area contributed by atoms with E-state index in [1.165, 1.54) is 23.0 Å². The van der Waals surface area contributed by atoms with E-state index in [4.69, 9.17) is 21.4 Å². The number of carbonyl (C=O) groups is 1. The zero-order valence-corrected chi connectivity index (χ0v) is 12.5. The first kappa shape index (κ1) is 15.1. The summed E-state index contributed by atoms with van der Waals surface area (Å²) in [5.41, 5.74) is 0.709. The number of hydrogen-bond acceptors (Lipinski definition) is 4. The lowest BCUT2D eigenvalue weighted by Crippen LogP contribution is -2.19. The third kappa shape index (κ3) is 3.02. The zero-order valence-electron chi connectivity index (χ0n) is 11.8. The molecule has 3 rings (SSSR count). The number of aliphatic carboxylic acids is 1. The Morgan fingerprint density at radius 3 is 2.70 bits per heavy atom. The first-order chi connectivity index (χ1) is 11.1. The number of para-hydroxylation sites is 1. The predicted molar refractivity (Wildman–Crippen MR) is 85.5 cm³/mol. The Kier molecular flexibility index (Phi) is 3.99. The number of hydrogen-bond donors (Lipinski definition) is 1. The van der Waals surface area contributed by atoms with Crippen LogP contribution in [0.1, 0.15) is 0 Å². The Labute approximate surface area is 135 Å². The maximum atomic E-state index is 12.6. The molecule has 0 aliphatic rings. The molecule has 0 fully saturated rings. The Morgan fingerprint density at radius 1 is 1.26 bits per heavy atom. The van der Waals surface area contributed by atoms with Crippen LogP contribution in [-0.4, -0.2) is 27.2 Å². The maximum Gasteiger partial charge on any atom is 0.341 e. The van der Waals surface area contributed by atoms with Crippen molar-refractivity contribution in [3.05, 3.63) is 64.2 Å². The Bertz CT molecular complexity index is 938. The number of carboxylic acids is 1. The summed E-state index contributed by atoms with van der Waals surface area (Å²) in [6.45, 7) is -0.497. The minimum atomic E-state index is -1.10. The highest BCUT2D eigenvalue weighted by molar-refractivity contribution is 6.35. The second-order valence-electron chi connectivity index (χ2n) is 4.74. The lowest BCUT2D eigenvalue weighted by Gasteiger charge is -2.09. The van der Waals surface area contributed by atoms with Crippen molar-refractivity contribution in [2.45, 2.75) is 0 Å². The molecule has 0 aliphatic heterocycles. The van der Waals surface area contributed by atoms with Crippen molar-refractivity contribution < 1.29 is 14.6 Å². The summed E-state index contributed by atoms with van der Waals surface area (Å²) in [4.78, 5) is 27.4. The topological polar surface area (TPSA) is 81.4 Å². The van der Waals surface area contributed by atoms with Gasteiger partial charge in [0.05, 0.1) is 21.6 Å². The summed E-state index contributed by atoms with van der Waals surface area (Å²) in [6.07, 6.45) is 1.40. The summed E-state index contributed by atoms with van der Waals surface area (Å²) in [6, 6.07) is 11.9. The highest BCUT2D eigenvalue weighted by Gasteiger charge is 2.12. The smallest absolute Gasteiger partial charge is 0.341 e. The molecule has 0 spiro atoms. The minimum Gasteiger partial charge on any atom is -0.482 e. The van der Waals surface area contributed by atoms with Crippen molar-refractivity contribution in [1.82, 2.24) is 9.55 Å². The number of aromatic nitrogens is 2. The van der Waals surface area contributed by atoms with Gasteiger partial charge in [0.2, 0.25) is 0 Å². The van der Waals surface area contributed by atoms with Crippen molar-refractivity contribution >= 4 is 28.5 Å². The zero-order chi connectivity index (χ0) is 16.4. The van der Waals surface area contributed by atoms with Gasteiger partial charge < -0.3 is 9.84 Å². The maximum absolute atomic E-state index is 12.6. The fraction of sp³-hybridized carbons (Fsp3) is 0.0625. The third-order valence-corrected chi connectivity index (χ3v) is 3.48. The Hall–Kier alpha value is -2.86. The summed E-state index contributed by atoms with van der Waals surface area (Å²) < 4.78 is 6.47. The van der Waals surface area contributed by atoms with Crippen LogP contribution in [-0.2, 0) is 4.79 Å². The number of nitrogens with zero attached hydrogens (tertiary/aromatic N) is 2. The summed E-state index contributed by atoms with van der Waals surface area (Å²) in [7, 11) is 0. The molecule has 1 aromatic heterocycles. The monoisotopic (exact) mass is 330 g/mol. The van der Waals surface area contributed by atoms with Crippen LogP contribution in [0, 0.1) is 0 Å². The van der Waals surface area contributed by atoms with Crippen LogP contribution in [0.2, 0.25) is 5.02 Å². The van der Waals surface area contributed by atoms with E-state index in [9.17, 15) is 9.59 Å². The molecule has 0 atom stereocenters. The first-order valence-corrected chi connectivity index (χ1v) is 7.05. The van der Waals surface area contributed by atoms with E-state index >= 15 is 0 Å². The van der Waals surface area contributed by atoms with Gasteiger partial charge in [0, 0.05) is 6.07 Å². The molecule has 1 N–H and O–H groups in total. The highest BCUT2D eigenvalue weighted by Crippen LogP contribution is 2.26. The highest BCUT2D eigenvalue weighted by atomic mass is 35.5. The largest absolute Gasteiger partial charge is 0.482 e. The number of carboxylic acid groups (broad SMARTS) is 1. The fourth-order valence-electron chi connectivity index (χ4n) is 2.18. The van der Waals surface area contributed by atoms with Gasteiger partial charge in [-0.25, -0.2) is 9.78 Å². The van der Waals surface area contributed by atoms with Crippen LogP contribution >= 0.6 is 11.6 Å². The van der Waals surface area contributed by atoms with Gasteiger partial charge in [0.15, 0.2) is 6.61 Å². The van der Waals surface area contributed by atoms with Crippen molar-refractivity contribution in [1.29, 1.82) is 0 Å². The molecule has 1 heterocycles.